The van der Waals surface area contributed by atoms with Gasteiger partial charge in [-0.25, -0.2) is 0 Å². The monoisotopic (exact) mass is 213 g/mol. The second-order valence-electron chi connectivity index (χ2n) is 4.48. The molecule has 88 valence electrons. The molecular weight excluding hydrogens is 190 g/mol. The Kier molecular flexibility index (Phi) is 5.69. The third-order valence-corrected chi connectivity index (χ3v) is 3.31. The van der Waals surface area contributed by atoms with E-state index >= 15 is 0 Å². The lowest BCUT2D eigenvalue weighted by Gasteiger charge is -2.29. The van der Waals surface area contributed by atoms with Crippen molar-refractivity contribution >= 4 is 5.91 Å². The van der Waals surface area contributed by atoms with Crippen molar-refractivity contribution in [2.24, 2.45) is 11.8 Å². The molecule has 2 N–H and O–H groups in total. The van der Waals surface area contributed by atoms with Gasteiger partial charge in [0.05, 0.1) is 0 Å². The van der Waals surface area contributed by atoms with Crippen molar-refractivity contribution in [3.05, 3.63) is 0 Å². The Morgan fingerprint density at radius 3 is 2.80 bits per heavy atom. The number of carbonyl (C=O) groups excluding carboxylic acids is 1. The minimum absolute atomic E-state index is 0.0561. The topological polar surface area (TPSA) is 49.3 Å². The van der Waals surface area contributed by atoms with Gasteiger partial charge in [0.15, 0.2) is 0 Å². The van der Waals surface area contributed by atoms with E-state index in [9.17, 15) is 9.90 Å². The summed E-state index contributed by atoms with van der Waals surface area (Å²) in [5.41, 5.74) is 0. The second-order valence-corrected chi connectivity index (χ2v) is 4.48. The molecule has 0 aromatic rings. The van der Waals surface area contributed by atoms with E-state index in [1.165, 1.54) is 0 Å². The molecule has 1 saturated carbocycles. The van der Waals surface area contributed by atoms with Gasteiger partial charge in [-0.05, 0) is 25.2 Å². The smallest absolute Gasteiger partial charge is 0.223 e. The van der Waals surface area contributed by atoms with Crippen LogP contribution in [0.5, 0.6) is 0 Å². The van der Waals surface area contributed by atoms with Crippen LogP contribution >= 0.6 is 0 Å². The molecule has 1 aliphatic carbocycles. The van der Waals surface area contributed by atoms with E-state index in [0.29, 0.717) is 0 Å². The van der Waals surface area contributed by atoms with Crippen molar-refractivity contribution in [3.63, 3.8) is 0 Å². The van der Waals surface area contributed by atoms with Gasteiger partial charge in [-0.15, -0.1) is 0 Å². The summed E-state index contributed by atoms with van der Waals surface area (Å²) in [6.07, 6.45) is 6.38. The number of hydrogen-bond acceptors (Lipinski definition) is 2. The van der Waals surface area contributed by atoms with Gasteiger partial charge in [-0.3, -0.25) is 4.79 Å². The van der Waals surface area contributed by atoms with E-state index in [-0.39, 0.29) is 24.3 Å². The first kappa shape index (κ1) is 12.5. The van der Waals surface area contributed by atoms with Gasteiger partial charge in [0.2, 0.25) is 5.91 Å². The number of amides is 1. The predicted molar refractivity (Wildman–Crippen MR) is 60.5 cm³/mol. The first-order valence-corrected chi connectivity index (χ1v) is 6.18. The Morgan fingerprint density at radius 1 is 1.40 bits per heavy atom. The van der Waals surface area contributed by atoms with Crippen molar-refractivity contribution in [1.29, 1.82) is 0 Å². The van der Waals surface area contributed by atoms with Gasteiger partial charge >= 0.3 is 0 Å². The molecule has 0 bridgehead atoms. The summed E-state index contributed by atoms with van der Waals surface area (Å²) in [5, 5.41) is 12.2. The molecule has 0 radical (unpaired) electrons. The van der Waals surface area contributed by atoms with Crippen LogP contribution in [-0.4, -0.2) is 24.2 Å². The first-order valence-electron chi connectivity index (χ1n) is 6.18. The normalized spacial score (nSPS) is 26.3. The number of unbranched alkanes of at least 4 members (excludes halogenated alkanes) is 1. The van der Waals surface area contributed by atoms with Crippen molar-refractivity contribution in [1.82, 2.24) is 5.32 Å². The Hall–Kier alpha value is -0.570. The molecule has 2 unspecified atom stereocenters. The predicted octanol–water partition coefficient (Wildman–Crippen LogP) is 1.70. The molecule has 0 aliphatic heterocycles. The highest BCUT2D eigenvalue weighted by atomic mass is 16.3. The molecule has 15 heavy (non-hydrogen) atoms. The Labute approximate surface area is 92.3 Å². The lowest BCUT2D eigenvalue weighted by molar-refractivity contribution is -0.128. The first-order chi connectivity index (χ1) is 7.29. The van der Waals surface area contributed by atoms with Crippen molar-refractivity contribution in [3.8, 4) is 0 Å². The van der Waals surface area contributed by atoms with Crippen LogP contribution in [0.15, 0.2) is 0 Å². The van der Waals surface area contributed by atoms with E-state index in [1.807, 2.05) is 0 Å². The quantitative estimate of drug-likeness (QED) is 0.683. The number of hydrogen-bond donors (Lipinski definition) is 2. The zero-order chi connectivity index (χ0) is 11.1. The molecule has 1 fully saturated rings. The summed E-state index contributed by atoms with van der Waals surface area (Å²) < 4.78 is 0. The largest absolute Gasteiger partial charge is 0.396 e. The summed E-state index contributed by atoms with van der Waals surface area (Å²) in [6.45, 7) is 3.05. The van der Waals surface area contributed by atoms with Gasteiger partial charge in [-0.1, -0.05) is 26.2 Å². The highest BCUT2D eigenvalue weighted by Crippen LogP contribution is 2.29. The van der Waals surface area contributed by atoms with Crippen LogP contribution in [0.4, 0.5) is 0 Å². The summed E-state index contributed by atoms with van der Waals surface area (Å²) in [5.74, 6) is 0.406. The summed E-state index contributed by atoms with van der Waals surface area (Å²) >= 11 is 0. The van der Waals surface area contributed by atoms with Crippen LogP contribution in [0.3, 0.4) is 0 Å². The Morgan fingerprint density at radius 2 is 2.13 bits per heavy atom. The van der Waals surface area contributed by atoms with Crippen molar-refractivity contribution in [2.75, 3.05) is 13.2 Å². The molecule has 0 spiro atoms. The minimum atomic E-state index is 0.0561. The summed E-state index contributed by atoms with van der Waals surface area (Å²) in [4.78, 5) is 11.8. The molecule has 1 amide bonds. The number of rotatable bonds is 5. The van der Waals surface area contributed by atoms with Crippen LogP contribution in [0, 0.1) is 11.8 Å². The molecule has 0 aromatic heterocycles. The maximum Gasteiger partial charge on any atom is 0.223 e. The maximum absolute atomic E-state index is 11.8. The average Bonchev–Trinajstić information content (AvgIpc) is 2.29. The fourth-order valence-electron chi connectivity index (χ4n) is 2.29. The van der Waals surface area contributed by atoms with Gasteiger partial charge in [0.25, 0.3) is 0 Å². The van der Waals surface area contributed by atoms with E-state index in [0.717, 1.165) is 45.1 Å². The SMILES string of the molecule is CCCCNC(=O)C1CCCCC1CO. The molecule has 0 saturated heterocycles. The van der Waals surface area contributed by atoms with Crippen LogP contribution in [0.25, 0.3) is 0 Å². The maximum atomic E-state index is 11.8. The third kappa shape index (κ3) is 3.82. The molecule has 1 aliphatic rings. The molecular formula is C12H23NO2. The van der Waals surface area contributed by atoms with Crippen molar-refractivity contribution < 1.29 is 9.90 Å². The number of aliphatic hydroxyl groups is 1. The third-order valence-electron chi connectivity index (χ3n) is 3.31. The van der Waals surface area contributed by atoms with Crippen LogP contribution in [-0.2, 0) is 4.79 Å². The lowest BCUT2D eigenvalue weighted by atomic mass is 9.79. The average molecular weight is 213 g/mol. The fraction of sp³-hybridized carbons (Fsp3) is 0.917. The van der Waals surface area contributed by atoms with E-state index in [4.69, 9.17) is 0 Å². The molecule has 2 atom stereocenters. The van der Waals surface area contributed by atoms with Gasteiger partial charge in [-0.2, -0.15) is 0 Å². The van der Waals surface area contributed by atoms with E-state index in [2.05, 4.69) is 12.2 Å². The molecule has 0 aromatic carbocycles. The molecule has 0 heterocycles. The zero-order valence-electron chi connectivity index (χ0n) is 9.67. The fourth-order valence-corrected chi connectivity index (χ4v) is 2.29. The Bertz CT molecular complexity index is 194. The standard InChI is InChI=1S/C12H23NO2/c1-2-3-8-13-12(15)11-7-5-4-6-10(11)9-14/h10-11,14H,2-9H2,1H3,(H,13,15). The van der Waals surface area contributed by atoms with E-state index < -0.39 is 0 Å². The van der Waals surface area contributed by atoms with Crippen molar-refractivity contribution in [2.45, 2.75) is 45.4 Å². The highest BCUT2D eigenvalue weighted by molar-refractivity contribution is 5.79. The van der Waals surface area contributed by atoms with Gasteiger partial charge < -0.3 is 10.4 Å². The second kappa shape index (κ2) is 6.83. The minimum Gasteiger partial charge on any atom is -0.396 e. The molecule has 3 heteroatoms. The van der Waals surface area contributed by atoms with Crippen LogP contribution < -0.4 is 5.32 Å². The number of aliphatic hydroxyl groups excluding tert-OH is 1. The van der Waals surface area contributed by atoms with Crippen LogP contribution in [0.1, 0.15) is 45.4 Å². The van der Waals surface area contributed by atoms with E-state index in [1.54, 1.807) is 0 Å². The lowest BCUT2D eigenvalue weighted by Crippen LogP contribution is -2.38. The number of nitrogens with one attached hydrogen (secondary N) is 1. The van der Waals surface area contributed by atoms with Gasteiger partial charge in [0.1, 0.15) is 0 Å². The summed E-state index contributed by atoms with van der Waals surface area (Å²) in [7, 11) is 0. The molecule has 1 rings (SSSR count). The van der Waals surface area contributed by atoms with Crippen LogP contribution in [0.2, 0.25) is 0 Å². The summed E-state index contributed by atoms with van der Waals surface area (Å²) in [6, 6.07) is 0. The van der Waals surface area contributed by atoms with Gasteiger partial charge in [0, 0.05) is 19.1 Å². The number of carbonyl (C=O) groups is 1. The zero-order valence-corrected chi connectivity index (χ0v) is 9.67. The Balaban J connectivity index is 2.34. The highest BCUT2D eigenvalue weighted by Gasteiger charge is 2.29. The molecule has 3 nitrogen and oxygen atoms in total.